The fraction of sp³-hybridized carbons (Fsp3) is 0.317. The van der Waals surface area contributed by atoms with Crippen LogP contribution in [0.2, 0.25) is 0 Å². The second-order valence-electron chi connectivity index (χ2n) is 13.3. The second kappa shape index (κ2) is 15.3. The summed E-state index contributed by atoms with van der Waals surface area (Å²) in [6, 6.07) is 25.6. The number of carbonyl (C=O) groups excluding carboxylic acids is 2. The Morgan fingerprint density at radius 1 is 0.647 bits per heavy atom. The van der Waals surface area contributed by atoms with Crippen molar-refractivity contribution in [2.24, 2.45) is 0 Å². The molecule has 2 aromatic heterocycles. The molecular formula is C41H40O8S2. The third kappa shape index (κ3) is 8.30. The van der Waals surface area contributed by atoms with Gasteiger partial charge < -0.3 is 18.9 Å². The minimum Gasteiger partial charge on any atom is -0.486 e. The summed E-state index contributed by atoms with van der Waals surface area (Å²) in [5.41, 5.74) is -1.88. The Hall–Kier alpha value is -4.64. The molecule has 0 aliphatic heterocycles. The number of benzene rings is 4. The van der Waals surface area contributed by atoms with Gasteiger partial charge in [0.1, 0.15) is 29.3 Å². The quantitative estimate of drug-likeness (QED) is 0.0588. The fourth-order valence-corrected chi connectivity index (χ4v) is 8.01. The van der Waals surface area contributed by atoms with Crippen molar-refractivity contribution in [3.63, 3.8) is 0 Å². The number of Topliss-reactive ketones (excluding diaryl/α,β-unsaturated/α-hetero) is 1. The molecule has 0 aliphatic carbocycles. The van der Waals surface area contributed by atoms with E-state index in [-0.39, 0.29) is 29.9 Å². The molecule has 0 aliphatic rings. The number of fused-ring (bicyclic) bond motifs is 4. The van der Waals surface area contributed by atoms with Crippen molar-refractivity contribution < 1.29 is 28.5 Å². The number of rotatable bonds is 15. The first kappa shape index (κ1) is 36.2. The van der Waals surface area contributed by atoms with Gasteiger partial charge >= 0.3 is 5.97 Å². The van der Waals surface area contributed by atoms with E-state index in [9.17, 15) is 19.2 Å². The average Bonchev–Trinajstić information content (AvgIpc) is 3.13. The molecule has 0 bridgehead atoms. The largest absolute Gasteiger partial charge is 0.486 e. The summed E-state index contributed by atoms with van der Waals surface area (Å²) in [6.45, 7) is 7.26. The number of hydrogen-bond acceptors (Lipinski definition) is 10. The molecule has 0 radical (unpaired) electrons. The number of ketones is 1. The smallest absolute Gasteiger partial charge is 0.344 e. The van der Waals surface area contributed by atoms with Gasteiger partial charge in [0, 0.05) is 47.0 Å². The fourth-order valence-electron chi connectivity index (χ4n) is 5.91. The molecule has 2 heterocycles. The zero-order valence-corrected chi connectivity index (χ0v) is 30.7. The minimum atomic E-state index is -1.03. The van der Waals surface area contributed by atoms with Crippen molar-refractivity contribution in [2.45, 2.75) is 64.6 Å². The number of ether oxygens (including phenoxy) is 4. The Kier molecular flexibility index (Phi) is 10.9. The van der Waals surface area contributed by atoms with E-state index in [1.807, 2.05) is 81.4 Å². The highest BCUT2D eigenvalue weighted by atomic mass is 32.1. The number of esters is 1. The highest BCUT2D eigenvalue weighted by molar-refractivity contribution is 7.24. The SMILES string of the molecule is CCC(C)(OCCCCC(C)(C)OC(=O)COc1ccc2sc3ccccc3c(=O)c2c1)C(=O)COc1ccc2sc3ccccc3c(=O)c2c1. The maximum Gasteiger partial charge on any atom is 0.344 e. The predicted molar refractivity (Wildman–Crippen MR) is 206 cm³/mol. The van der Waals surface area contributed by atoms with E-state index in [1.165, 1.54) is 11.3 Å². The van der Waals surface area contributed by atoms with Crippen LogP contribution in [0.15, 0.2) is 94.5 Å². The first-order valence-corrected chi connectivity index (χ1v) is 18.7. The highest BCUT2D eigenvalue weighted by Crippen LogP contribution is 2.29. The lowest BCUT2D eigenvalue weighted by molar-refractivity contribution is -0.159. The van der Waals surface area contributed by atoms with E-state index < -0.39 is 17.2 Å². The number of unbranched alkanes of at least 4 members (excludes halogenated alkanes) is 1. The molecule has 0 fully saturated rings. The lowest BCUT2D eigenvalue weighted by Crippen LogP contribution is -2.41. The molecule has 1 unspecified atom stereocenters. The van der Waals surface area contributed by atoms with Gasteiger partial charge in [-0.3, -0.25) is 14.4 Å². The zero-order valence-electron chi connectivity index (χ0n) is 29.1. The van der Waals surface area contributed by atoms with Gasteiger partial charge in [0.15, 0.2) is 17.5 Å². The van der Waals surface area contributed by atoms with Crippen LogP contribution in [0.1, 0.15) is 53.4 Å². The topological polar surface area (TPSA) is 105 Å². The Morgan fingerprint density at radius 3 is 1.71 bits per heavy atom. The molecule has 8 nitrogen and oxygen atoms in total. The van der Waals surface area contributed by atoms with Gasteiger partial charge in [-0.1, -0.05) is 31.2 Å². The lowest BCUT2D eigenvalue weighted by Gasteiger charge is -2.28. The normalized spacial score (nSPS) is 13.0. The first-order valence-electron chi connectivity index (χ1n) is 17.0. The molecule has 0 amide bonds. The van der Waals surface area contributed by atoms with E-state index >= 15 is 0 Å². The molecule has 51 heavy (non-hydrogen) atoms. The van der Waals surface area contributed by atoms with Gasteiger partial charge in [0.2, 0.25) is 5.78 Å². The van der Waals surface area contributed by atoms with Gasteiger partial charge in [-0.15, -0.1) is 22.7 Å². The Labute approximate surface area is 303 Å². The first-order chi connectivity index (χ1) is 24.5. The van der Waals surface area contributed by atoms with Crippen LogP contribution in [0, 0.1) is 0 Å². The molecule has 0 saturated heterocycles. The van der Waals surface area contributed by atoms with E-state index in [4.69, 9.17) is 18.9 Å². The summed E-state index contributed by atoms with van der Waals surface area (Å²) in [5, 5.41) is 2.44. The van der Waals surface area contributed by atoms with Crippen molar-refractivity contribution >= 4 is 74.8 Å². The molecule has 0 N–H and O–H groups in total. The summed E-state index contributed by atoms with van der Waals surface area (Å²) in [7, 11) is 0. The molecule has 1 atom stereocenters. The van der Waals surface area contributed by atoms with E-state index in [0.29, 0.717) is 65.3 Å². The Balaban J connectivity index is 0.945. The van der Waals surface area contributed by atoms with Crippen molar-refractivity contribution in [3.05, 3.63) is 105 Å². The summed E-state index contributed by atoms with van der Waals surface area (Å²) >= 11 is 3.08. The average molecular weight is 725 g/mol. The maximum absolute atomic E-state index is 13.2. The lowest BCUT2D eigenvalue weighted by atomic mass is 9.97. The van der Waals surface area contributed by atoms with Gasteiger partial charge in [0.05, 0.1) is 0 Å². The molecule has 0 spiro atoms. The number of hydrogen-bond donors (Lipinski definition) is 0. The van der Waals surface area contributed by atoms with Crippen LogP contribution in [0.25, 0.3) is 40.3 Å². The van der Waals surface area contributed by atoms with Gasteiger partial charge in [-0.05, 0) is 107 Å². The summed E-state index contributed by atoms with van der Waals surface area (Å²) < 4.78 is 26.9. The monoisotopic (exact) mass is 724 g/mol. The van der Waals surface area contributed by atoms with Crippen LogP contribution in [0.3, 0.4) is 0 Å². The van der Waals surface area contributed by atoms with E-state index in [2.05, 4.69) is 0 Å². The third-order valence-corrected chi connectivity index (χ3v) is 11.4. The van der Waals surface area contributed by atoms with Crippen molar-refractivity contribution in [1.82, 2.24) is 0 Å². The van der Waals surface area contributed by atoms with Gasteiger partial charge in [0.25, 0.3) is 0 Å². The summed E-state index contributed by atoms with van der Waals surface area (Å²) in [6.07, 6.45) is 2.43. The molecule has 6 aromatic rings. The third-order valence-electron chi connectivity index (χ3n) is 9.07. The number of carbonyl (C=O) groups is 2. The summed E-state index contributed by atoms with van der Waals surface area (Å²) in [4.78, 5) is 51.9. The standard InChI is InChI=1S/C41H40O8S2/c1-5-41(4,36(42)24-46-26-16-18-34-30(22-26)38(44)28-12-6-8-14-32(28)50-34)48-21-11-10-20-40(2,3)49-37(43)25-47-27-17-19-35-31(23-27)39(45)29-13-7-9-15-33(29)51-35/h6-9,12-19,22-23H,5,10-11,20-21,24-25H2,1-4H3. The Bertz CT molecular complexity index is 2360. The van der Waals surface area contributed by atoms with Crippen LogP contribution < -0.4 is 20.3 Å². The van der Waals surface area contributed by atoms with Crippen LogP contribution in [0.5, 0.6) is 11.5 Å². The minimum absolute atomic E-state index is 0.0562. The van der Waals surface area contributed by atoms with Crippen LogP contribution in [-0.4, -0.2) is 42.8 Å². The molecule has 4 aromatic carbocycles. The van der Waals surface area contributed by atoms with Crippen molar-refractivity contribution in [3.8, 4) is 11.5 Å². The summed E-state index contributed by atoms with van der Waals surface area (Å²) in [5.74, 6) is 0.195. The molecule has 264 valence electrons. The Morgan fingerprint density at radius 2 is 1.16 bits per heavy atom. The van der Waals surface area contributed by atoms with Crippen LogP contribution >= 0.6 is 22.7 Å². The van der Waals surface area contributed by atoms with Crippen molar-refractivity contribution in [1.29, 1.82) is 0 Å². The second-order valence-corrected chi connectivity index (χ2v) is 15.5. The van der Waals surface area contributed by atoms with E-state index in [1.54, 1.807) is 42.5 Å². The zero-order chi connectivity index (χ0) is 36.2. The molecule has 10 heteroatoms. The molecular weight excluding hydrogens is 685 g/mol. The highest BCUT2D eigenvalue weighted by Gasteiger charge is 2.32. The van der Waals surface area contributed by atoms with Gasteiger partial charge in [-0.25, -0.2) is 4.79 Å². The van der Waals surface area contributed by atoms with Gasteiger partial charge in [-0.2, -0.15) is 0 Å². The van der Waals surface area contributed by atoms with Crippen molar-refractivity contribution in [2.75, 3.05) is 19.8 Å². The molecule has 0 saturated carbocycles. The maximum atomic E-state index is 13.2. The van der Waals surface area contributed by atoms with Crippen LogP contribution in [-0.2, 0) is 19.1 Å². The van der Waals surface area contributed by atoms with E-state index in [0.717, 1.165) is 18.8 Å². The predicted octanol–water partition coefficient (Wildman–Crippen LogP) is 8.85. The van der Waals surface area contributed by atoms with Crippen LogP contribution in [0.4, 0.5) is 0 Å². The molecule has 6 rings (SSSR count).